The van der Waals surface area contributed by atoms with E-state index in [-0.39, 0.29) is 11.6 Å². The second-order valence-electron chi connectivity index (χ2n) is 4.50. The minimum atomic E-state index is -0.976. The smallest absolute Gasteiger partial charge is 0.337 e. The van der Waals surface area contributed by atoms with E-state index >= 15 is 0 Å². The molecule has 0 radical (unpaired) electrons. The van der Waals surface area contributed by atoms with E-state index in [2.05, 4.69) is 18.3 Å². The fraction of sp³-hybridized carbons (Fsp3) is 0.267. The highest BCUT2D eigenvalue weighted by Crippen LogP contribution is 2.30. The Hall–Kier alpha value is -1.52. The Bertz CT molecular complexity index is 584. The number of carbonyl (C=O) groups is 1. The van der Waals surface area contributed by atoms with Crippen LogP contribution in [0.2, 0.25) is 5.02 Å². The number of carboxylic acids is 1. The van der Waals surface area contributed by atoms with Crippen LogP contribution in [0.3, 0.4) is 0 Å². The number of hydrogen-bond donors (Lipinski definition) is 2. The molecule has 0 saturated carbocycles. The molecule has 1 aromatic carbocycles. The normalized spacial score (nSPS) is 12.1. The monoisotopic (exact) mass is 309 g/mol. The third-order valence-electron chi connectivity index (χ3n) is 3.01. The van der Waals surface area contributed by atoms with Crippen molar-refractivity contribution in [2.24, 2.45) is 0 Å². The first-order valence-electron chi connectivity index (χ1n) is 6.44. The van der Waals surface area contributed by atoms with Crippen LogP contribution in [0.25, 0.3) is 0 Å². The van der Waals surface area contributed by atoms with Gasteiger partial charge in [0.25, 0.3) is 0 Å². The lowest BCUT2D eigenvalue weighted by molar-refractivity contribution is 0.0698. The summed E-state index contributed by atoms with van der Waals surface area (Å²) in [5, 5.41) is 15.1. The summed E-state index contributed by atoms with van der Waals surface area (Å²) in [5.41, 5.74) is 0.809. The van der Waals surface area contributed by atoms with Gasteiger partial charge < -0.3 is 10.4 Å². The zero-order valence-corrected chi connectivity index (χ0v) is 12.7. The lowest BCUT2D eigenvalue weighted by Gasteiger charge is -2.19. The number of aromatic carboxylic acids is 1. The van der Waals surface area contributed by atoms with E-state index < -0.39 is 5.97 Å². The second-order valence-corrected chi connectivity index (χ2v) is 5.91. The van der Waals surface area contributed by atoms with Crippen molar-refractivity contribution in [3.05, 3.63) is 51.2 Å². The summed E-state index contributed by atoms with van der Waals surface area (Å²) in [6.07, 6.45) is 1.97. The molecule has 0 saturated heterocycles. The number of halogens is 1. The molecule has 2 aromatic rings. The zero-order chi connectivity index (χ0) is 14.5. The molecule has 1 heterocycles. The number of hydrogen-bond acceptors (Lipinski definition) is 3. The van der Waals surface area contributed by atoms with Gasteiger partial charge >= 0.3 is 5.97 Å². The summed E-state index contributed by atoms with van der Waals surface area (Å²) in [5.74, 6) is -0.976. The standard InChI is InChI=1S/C15H16ClNO2S/c1-2-4-13(14-5-3-8-20-14)17-12-7-6-10(16)9-11(12)15(18)19/h3,5-9,13,17H,2,4H2,1H3,(H,18,19). The van der Waals surface area contributed by atoms with Crippen LogP contribution in [-0.4, -0.2) is 11.1 Å². The van der Waals surface area contributed by atoms with E-state index in [0.717, 1.165) is 12.8 Å². The van der Waals surface area contributed by atoms with Crippen molar-refractivity contribution in [2.45, 2.75) is 25.8 Å². The summed E-state index contributed by atoms with van der Waals surface area (Å²) in [6, 6.07) is 9.09. The Morgan fingerprint density at radius 3 is 2.85 bits per heavy atom. The summed E-state index contributed by atoms with van der Waals surface area (Å²) in [4.78, 5) is 12.5. The fourth-order valence-electron chi connectivity index (χ4n) is 2.07. The van der Waals surface area contributed by atoms with Crippen molar-refractivity contribution < 1.29 is 9.90 Å². The van der Waals surface area contributed by atoms with E-state index in [1.54, 1.807) is 23.5 Å². The van der Waals surface area contributed by atoms with Crippen molar-refractivity contribution in [3.8, 4) is 0 Å². The third-order valence-corrected chi connectivity index (χ3v) is 4.23. The van der Waals surface area contributed by atoms with Gasteiger partial charge in [-0.05, 0) is 36.1 Å². The summed E-state index contributed by atoms with van der Waals surface area (Å²) < 4.78 is 0. The zero-order valence-electron chi connectivity index (χ0n) is 11.1. The van der Waals surface area contributed by atoms with E-state index in [0.29, 0.717) is 10.7 Å². The average Bonchev–Trinajstić information content (AvgIpc) is 2.93. The molecule has 20 heavy (non-hydrogen) atoms. The molecule has 0 fully saturated rings. The quantitative estimate of drug-likeness (QED) is 0.784. The van der Waals surface area contributed by atoms with E-state index in [1.807, 2.05) is 11.4 Å². The second kappa shape index (κ2) is 6.77. The van der Waals surface area contributed by atoms with Crippen LogP contribution in [0.15, 0.2) is 35.7 Å². The number of nitrogens with one attached hydrogen (secondary N) is 1. The van der Waals surface area contributed by atoms with Crippen LogP contribution in [0.5, 0.6) is 0 Å². The predicted molar refractivity (Wildman–Crippen MR) is 84.0 cm³/mol. The van der Waals surface area contributed by atoms with E-state index in [1.165, 1.54) is 10.9 Å². The number of rotatable bonds is 6. The molecule has 0 bridgehead atoms. The average molecular weight is 310 g/mol. The van der Waals surface area contributed by atoms with Gasteiger partial charge in [-0.3, -0.25) is 0 Å². The Labute approximate surface area is 127 Å². The van der Waals surface area contributed by atoms with Crippen LogP contribution >= 0.6 is 22.9 Å². The van der Waals surface area contributed by atoms with Gasteiger partial charge in [-0.2, -0.15) is 0 Å². The molecule has 1 unspecified atom stereocenters. The molecular formula is C15H16ClNO2S. The van der Waals surface area contributed by atoms with E-state index in [4.69, 9.17) is 11.6 Å². The molecule has 106 valence electrons. The van der Waals surface area contributed by atoms with Crippen molar-refractivity contribution in [1.29, 1.82) is 0 Å². The molecule has 0 amide bonds. The first-order chi connectivity index (χ1) is 9.61. The lowest BCUT2D eigenvalue weighted by Crippen LogP contribution is -2.12. The van der Waals surface area contributed by atoms with Crippen LogP contribution in [-0.2, 0) is 0 Å². The highest BCUT2D eigenvalue weighted by Gasteiger charge is 2.16. The first-order valence-corrected chi connectivity index (χ1v) is 7.70. The Kier molecular flexibility index (Phi) is 5.04. The number of benzene rings is 1. The van der Waals surface area contributed by atoms with Crippen LogP contribution in [0.1, 0.15) is 41.0 Å². The molecule has 3 nitrogen and oxygen atoms in total. The summed E-state index contributed by atoms with van der Waals surface area (Å²) in [6.45, 7) is 2.11. The molecule has 5 heteroatoms. The van der Waals surface area contributed by atoms with Crippen molar-refractivity contribution in [2.75, 3.05) is 5.32 Å². The maximum absolute atomic E-state index is 11.3. The van der Waals surface area contributed by atoms with Crippen molar-refractivity contribution in [3.63, 3.8) is 0 Å². The van der Waals surface area contributed by atoms with Crippen molar-refractivity contribution >= 4 is 34.6 Å². The van der Waals surface area contributed by atoms with Gasteiger partial charge in [-0.25, -0.2) is 4.79 Å². The number of anilines is 1. The molecule has 0 spiro atoms. The molecule has 1 aromatic heterocycles. The van der Waals surface area contributed by atoms with Crippen LogP contribution in [0, 0.1) is 0 Å². The van der Waals surface area contributed by atoms with Gasteiger partial charge in [-0.15, -0.1) is 11.3 Å². The molecule has 2 rings (SSSR count). The van der Waals surface area contributed by atoms with Gasteiger partial charge in [0.05, 0.1) is 11.6 Å². The molecule has 0 aliphatic heterocycles. The molecular weight excluding hydrogens is 294 g/mol. The maximum atomic E-state index is 11.3. The minimum absolute atomic E-state index is 0.124. The van der Waals surface area contributed by atoms with Crippen LogP contribution in [0.4, 0.5) is 5.69 Å². The minimum Gasteiger partial charge on any atom is -0.478 e. The van der Waals surface area contributed by atoms with E-state index in [9.17, 15) is 9.90 Å². The van der Waals surface area contributed by atoms with Crippen molar-refractivity contribution in [1.82, 2.24) is 0 Å². The SMILES string of the molecule is CCCC(Nc1ccc(Cl)cc1C(=O)O)c1cccs1. The van der Waals surface area contributed by atoms with Gasteiger partial charge in [-0.1, -0.05) is 31.0 Å². The lowest BCUT2D eigenvalue weighted by atomic mass is 10.1. The Morgan fingerprint density at radius 1 is 1.45 bits per heavy atom. The van der Waals surface area contributed by atoms with Gasteiger partial charge in [0.2, 0.25) is 0 Å². The van der Waals surface area contributed by atoms with Gasteiger partial charge in [0.1, 0.15) is 0 Å². The Morgan fingerprint density at radius 2 is 2.25 bits per heavy atom. The Balaban J connectivity index is 2.29. The molecule has 0 aliphatic carbocycles. The predicted octanol–water partition coefficient (Wildman–Crippen LogP) is 5.05. The highest BCUT2D eigenvalue weighted by molar-refractivity contribution is 7.10. The number of carboxylic acid groups (broad SMARTS) is 1. The third kappa shape index (κ3) is 3.52. The van der Waals surface area contributed by atoms with Gasteiger partial charge in [0.15, 0.2) is 0 Å². The summed E-state index contributed by atoms with van der Waals surface area (Å²) >= 11 is 7.54. The first kappa shape index (κ1) is 14.9. The topological polar surface area (TPSA) is 49.3 Å². The highest BCUT2D eigenvalue weighted by atomic mass is 35.5. The van der Waals surface area contributed by atoms with Crippen LogP contribution < -0.4 is 5.32 Å². The van der Waals surface area contributed by atoms with Gasteiger partial charge in [0, 0.05) is 15.6 Å². The molecule has 0 aliphatic rings. The maximum Gasteiger partial charge on any atom is 0.337 e. The number of thiophene rings is 1. The molecule has 2 N–H and O–H groups in total. The largest absolute Gasteiger partial charge is 0.478 e. The molecule has 1 atom stereocenters. The fourth-order valence-corrected chi connectivity index (χ4v) is 3.06. The summed E-state index contributed by atoms with van der Waals surface area (Å²) in [7, 11) is 0.